The highest BCUT2D eigenvalue weighted by molar-refractivity contribution is 6.30. The van der Waals surface area contributed by atoms with E-state index < -0.39 is 25.2 Å². The predicted molar refractivity (Wildman–Crippen MR) is 54.3 cm³/mol. The third kappa shape index (κ3) is 4.95. The van der Waals surface area contributed by atoms with Crippen molar-refractivity contribution >= 4 is 17.6 Å². The summed E-state index contributed by atoms with van der Waals surface area (Å²) in [6, 6.07) is 3.87. The van der Waals surface area contributed by atoms with Crippen molar-refractivity contribution in [1.82, 2.24) is 0 Å². The highest BCUT2D eigenvalue weighted by Gasteiger charge is 2.29. The Labute approximate surface area is 99.8 Å². The van der Waals surface area contributed by atoms with Gasteiger partial charge in [-0.3, -0.25) is 4.79 Å². The molecule has 1 rings (SSSR count). The molecule has 94 valence electrons. The maximum atomic E-state index is 12.0. The largest absolute Gasteiger partial charge is 0.484 e. The number of hydrogen-bond acceptors (Lipinski definition) is 2. The average Bonchev–Trinajstić information content (AvgIpc) is 2.16. The Morgan fingerprint density at radius 1 is 1.41 bits per heavy atom. The lowest BCUT2D eigenvalue weighted by Gasteiger charge is -2.12. The molecule has 0 amide bonds. The Bertz CT molecular complexity index is 418. The Kier molecular flexibility index (Phi) is 4.22. The van der Waals surface area contributed by atoms with E-state index in [2.05, 4.69) is 4.74 Å². The maximum Gasteiger partial charge on any atom is 0.422 e. The summed E-state index contributed by atoms with van der Waals surface area (Å²) in [6.07, 6.45) is -4.91. The molecule has 0 fully saturated rings. The minimum atomic E-state index is -4.48. The van der Waals surface area contributed by atoms with Crippen LogP contribution in [0.4, 0.5) is 13.2 Å². The number of aliphatic carboxylic acids is 1. The fraction of sp³-hybridized carbons (Fsp3) is 0.300. The number of carbonyl (C=O) groups is 1. The molecule has 0 heterocycles. The summed E-state index contributed by atoms with van der Waals surface area (Å²) in [5.41, 5.74) is 0.145. The molecule has 0 unspecified atom stereocenters. The molecule has 0 aliphatic rings. The van der Waals surface area contributed by atoms with Crippen molar-refractivity contribution in [2.24, 2.45) is 0 Å². The minimum absolute atomic E-state index is 0.145. The predicted octanol–water partition coefficient (Wildman–Crippen LogP) is 2.91. The number of ether oxygens (including phenoxy) is 1. The van der Waals surface area contributed by atoms with E-state index in [1.54, 1.807) is 0 Å². The molecule has 0 aromatic heterocycles. The van der Waals surface area contributed by atoms with E-state index in [-0.39, 0.29) is 16.3 Å². The average molecular weight is 269 g/mol. The van der Waals surface area contributed by atoms with Gasteiger partial charge in [0.1, 0.15) is 5.75 Å². The second-order valence-corrected chi connectivity index (χ2v) is 3.66. The number of benzene rings is 1. The van der Waals surface area contributed by atoms with Gasteiger partial charge in [0.15, 0.2) is 6.61 Å². The van der Waals surface area contributed by atoms with Gasteiger partial charge in [-0.05, 0) is 12.1 Å². The number of rotatable bonds is 4. The van der Waals surface area contributed by atoms with Gasteiger partial charge in [-0.25, -0.2) is 0 Å². The number of carboxylic acid groups (broad SMARTS) is 1. The molecule has 0 saturated heterocycles. The van der Waals surface area contributed by atoms with E-state index >= 15 is 0 Å². The lowest BCUT2D eigenvalue weighted by Crippen LogP contribution is -2.20. The van der Waals surface area contributed by atoms with Crippen molar-refractivity contribution in [1.29, 1.82) is 0 Å². The van der Waals surface area contributed by atoms with Crippen molar-refractivity contribution in [3.05, 3.63) is 28.8 Å². The lowest BCUT2D eigenvalue weighted by atomic mass is 10.1. The zero-order valence-electron chi connectivity index (χ0n) is 8.42. The van der Waals surface area contributed by atoms with Crippen molar-refractivity contribution < 1.29 is 27.8 Å². The van der Waals surface area contributed by atoms with Crippen LogP contribution in [-0.2, 0) is 11.2 Å². The normalized spacial score (nSPS) is 11.3. The molecule has 0 spiro atoms. The molecule has 1 N–H and O–H groups in total. The van der Waals surface area contributed by atoms with Crippen molar-refractivity contribution in [2.75, 3.05) is 6.61 Å². The van der Waals surface area contributed by atoms with Gasteiger partial charge in [0.05, 0.1) is 6.42 Å². The van der Waals surface area contributed by atoms with Crippen LogP contribution in [0.3, 0.4) is 0 Å². The Balaban J connectivity index is 2.87. The Morgan fingerprint density at radius 3 is 2.59 bits per heavy atom. The first-order valence-electron chi connectivity index (χ1n) is 4.48. The van der Waals surface area contributed by atoms with Gasteiger partial charge >= 0.3 is 12.1 Å². The third-order valence-corrected chi connectivity index (χ3v) is 2.00. The number of alkyl halides is 3. The molecule has 0 radical (unpaired) electrons. The van der Waals surface area contributed by atoms with Crippen LogP contribution in [0.15, 0.2) is 18.2 Å². The Hall–Kier alpha value is -1.43. The van der Waals surface area contributed by atoms with Gasteiger partial charge in [0.25, 0.3) is 0 Å². The lowest BCUT2D eigenvalue weighted by molar-refractivity contribution is -0.153. The van der Waals surface area contributed by atoms with E-state index in [1.807, 2.05) is 0 Å². The second kappa shape index (κ2) is 5.27. The number of hydrogen-bond donors (Lipinski definition) is 1. The summed E-state index contributed by atoms with van der Waals surface area (Å²) in [4.78, 5) is 10.5. The molecule has 1 aromatic carbocycles. The summed E-state index contributed by atoms with van der Waals surface area (Å²) in [5, 5.41) is 8.76. The quantitative estimate of drug-likeness (QED) is 0.913. The van der Waals surface area contributed by atoms with E-state index in [4.69, 9.17) is 16.7 Å². The van der Waals surface area contributed by atoms with Gasteiger partial charge in [-0.2, -0.15) is 13.2 Å². The van der Waals surface area contributed by atoms with Crippen LogP contribution >= 0.6 is 11.6 Å². The van der Waals surface area contributed by atoms with E-state index in [0.717, 1.165) is 6.07 Å². The summed E-state index contributed by atoms with van der Waals surface area (Å²) < 4.78 is 40.4. The smallest absolute Gasteiger partial charge is 0.422 e. The van der Waals surface area contributed by atoms with Gasteiger partial charge < -0.3 is 9.84 Å². The van der Waals surface area contributed by atoms with Gasteiger partial charge in [-0.15, -0.1) is 0 Å². The molecule has 1 aromatic rings. The molecule has 17 heavy (non-hydrogen) atoms. The summed E-state index contributed by atoms with van der Waals surface area (Å²) >= 11 is 5.59. The van der Waals surface area contributed by atoms with Crippen LogP contribution < -0.4 is 4.74 Å². The van der Waals surface area contributed by atoms with Gasteiger partial charge in [0, 0.05) is 10.6 Å². The summed E-state index contributed by atoms with van der Waals surface area (Å²) in [6.45, 7) is -1.49. The zero-order valence-corrected chi connectivity index (χ0v) is 9.18. The van der Waals surface area contributed by atoms with E-state index in [0.29, 0.717) is 0 Å². The molecular weight excluding hydrogens is 261 g/mol. The fourth-order valence-electron chi connectivity index (χ4n) is 1.13. The van der Waals surface area contributed by atoms with Crippen LogP contribution in [0.25, 0.3) is 0 Å². The highest BCUT2D eigenvalue weighted by atomic mass is 35.5. The molecule has 0 bridgehead atoms. The van der Waals surface area contributed by atoms with E-state index in [9.17, 15) is 18.0 Å². The first kappa shape index (κ1) is 13.6. The van der Waals surface area contributed by atoms with Crippen LogP contribution in [0.2, 0.25) is 5.02 Å². The topological polar surface area (TPSA) is 46.5 Å². The van der Waals surface area contributed by atoms with Gasteiger partial charge in [0.2, 0.25) is 0 Å². The molecule has 0 saturated carbocycles. The molecule has 7 heteroatoms. The third-order valence-electron chi connectivity index (χ3n) is 1.76. The standard InChI is InChI=1S/C10H8ClF3O3/c11-7-2-1-6(3-9(15)16)8(4-7)17-5-10(12,13)14/h1-2,4H,3,5H2,(H,15,16). The Morgan fingerprint density at radius 2 is 2.06 bits per heavy atom. The molecule has 3 nitrogen and oxygen atoms in total. The number of halogens is 4. The monoisotopic (exact) mass is 268 g/mol. The zero-order chi connectivity index (χ0) is 13.1. The minimum Gasteiger partial charge on any atom is -0.484 e. The maximum absolute atomic E-state index is 12.0. The van der Waals surface area contributed by atoms with Crippen LogP contribution in [0.1, 0.15) is 5.56 Å². The van der Waals surface area contributed by atoms with Crippen LogP contribution in [0, 0.1) is 0 Å². The van der Waals surface area contributed by atoms with Crippen molar-refractivity contribution in [3.63, 3.8) is 0 Å². The SMILES string of the molecule is O=C(O)Cc1ccc(Cl)cc1OCC(F)(F)F. The highest BCUT2D eigenvalue weighted by Crippen LogP contribution is 2.26. The van der Waals surface area contributed by atoms with Crippen LogP contribution in [-0.4, -0.2) is 23.9 Å². The summed E-state index contributed by atoms with van der Waals surface area (Å²) in [7, 11) is 0. The molecule has 0 atom stereocenters. The number of carboxylic acids is 1. The summed E-state index contributed by atoms with van der Waals surface area (Å²) in [5.74, 6) is -1.33. The van der Waals surface area contributed by atoms with Crippen molar-refractivity contribution in [3.8, 4) is 5.75 Å². The fourth-order valence-corrected chi connectivity index (χ4v) is 1.29. The molecule has 0 aliphatic carbocycles. The first-order valence-corrected chi connectivity index (χ1v) is 4.85. The first-order chi connectivity index (χ1) is 7.78. The molecule has 0 aliphatic heterocycles. The second-order valence-electron chi connectivity index (χ2n) is 3.23. The van der Waals surface area contributed by atoms with Gasteiger partial charge in [-0.1, -0.05) is 17.7 Å². The van der Waals surface area contributed by atoms with Crippen LogP contribution in [0.5, 0.6) is 5.75 Å². The van der Waals surface area contributed by atoms with E-state index in [1.165, 1.54) is 12.1 Å². The molecular formula is C10H8ClF3O3. The van der Waals surface area contributed by atoms with Crippen molar-refractivity contribution in [2.45, 2.75) is 12.6 Å².